The number of rotatable bonds is 7. The van der Waals surface area contributed by atoms with Crippen molar-refractivity contribution in [2.45, 2.75) is 18.9 Å². The number of alkyl halides is 3. The average Bonchev–Trinajstić information content (AvgIpc) is 2.72. The van der Waals surface area contributed by atoms with E-state index in [4.69, 9.17) is 4.42 Å². The minimum atomic E-state index is -5.93. The third-order valence-corrected chi connectivity index (χ3v) is 6.56. The Morgan fingerprint density at radius 3 is 2.44 bits per heavy atom. The van der Waals surface area contributed by atoms with E-state index in [0.29, 0.717) is 0 Å². The predicted molar refractivity (Wildman–Crippen MR) is 111 cm³/mol. The highest BCUT2D eigenvalue weighted by atomic mass is 32.2. The van der Waals surface area contributed by atoms with E-state index in [0.717, 1.165) is 25.4 Å². The number of benzene rings is 1. The Kier molecular flexibility index (Phi) is 6.60. The summed E-state index contributed by atoms with van der Waals surface area (Å²) in [5.41, 5.74) is -6.76. The van der Waals surface area contributed by atoms with Gasteiger partial charge in [-0.05, 0) is 36.2 Å². The zero-order chi connectivity index (χ0) is 25.5. The summed E-state index contributed by atoms with van der Waals surface area (Å²) in [6, 6.07) is 4.12. The van der Waals surface area contributed by atoms with Crippen LogP contribution in [0.1, 0.15) is 16.7 Å². The van der Waals surface area contributed by atoms with Gasteiger partial charge in [-0.1, -0.05) is 0 Å². The average molecular weight is 525 g/mol. The van der Waals surface area contributed by atoms with Crippen molar-refractivity contribution in [1.29, 1.82) is 0 Å². The molecule has 1 aromatic carbocycles. The number of pyridine rings is 1. The van der Waals surface area contributed by atoms with Gasteiger partial charge in [0.15, 0.2) is 11.6 Å². The molecule has 184 valence electrons. The normalized spacial score (nSPS) is 12.6. The summed E-state index contributed by atoms with van der Waals surface area (Å²) in [7, 11) is -8.90. The van der Waals surface area contributed by atoms with Crippen LogP contribution in [0, 0.1) is 12.7 Å². The van der Waals surface area contributed by atoms with Crippen LogP contribution in [0.25, 0.3) is 11.0 Å². The van der Waals surface area contributed by atoms with Crippen molar-refractivity contribution in [3.63, 3.8) is 0 Å². The highest BCUT2D eigenvalue weighted by Gasteiger charge is 2.48. The molecule has 2 aromatic heterocycles. The van der Waals surface area contributed by atoms with Crippen molar-refractivity contribution in [2.75, 3.05) is 11.8 Å². The molecule has 0 atom stereocenters. The molecule has 0 aliphatic heterocycles. The fourth-order valence-corrected chi connectivity index (χ4v) is 3.82. The van der Waals surface area contributed by atoms with Crippen LogP contribution in [0.2, 0.25) is 0 Å². The zero-order valence-electron chi connectivity index (χ0n) is 17.2. The lowest BCUT2D eigenvalue weighted by molar-refractivity contribution is -0.0500. The van der Waals surface area contributed by atoms with E-state index >= 15 is 0 Å². The molecular weight excluding hydrogens is 510 g/mol. The lowest BCUT2D eigenvalue weighted by Crippen LogP contribution is -2.28. The Hall–Kier alpha value is -3.24. The van der Waals surface area contributed by atoms with Crippen LogP contribution < -0.4 is 19.3 Å². The Morgan fingerprint density at radius 2 is 1.82 bits per heavy atom. The number of halogens is 4. The summed E-state index contributed by atoms with van der Waals surface area (Å²) in [6.45, 7) is 1.46. The van der Waals surface area contributed by atoms with Gasteiger partial charge in [0, 0.05) is 36.7 Å². The smallest absolute Gasteiger partial charge is 0.422 e. The molecule has 34 heavy (non-hydrogen) atoms. The maximum Gasteiger partial charge on any atom is 0.534 e. The van der Waals surface area contributed by atoms with Crippen LogP contribution in [0.3, 0.4) is 0 Å². The zero-order valence-corrected chi connectivity index (χ0v) is 18.9. The monoisotopic (exact) mass is 525 g/mol. The van der Waals surface area contributed by atoms with Gasteiger partial charge in [0.2, 0.25) is 0 Å². The van der Waals surface area contributed by atoms with Crippen molar-refractivity contribution < 1.29 is 43.0 Å². The summed E-state index contributed by atoms with van der Waals surface area (Å²) < 4.78 is 111. The molecule has 0 fully saturated rings. The van der Waals surface area contributed by atoms with Gasteiger partial charge < -0.3 is 8.60 Å². The van der Waals surface area contributed by atoms with Crippen LogP contribution >= 0.6 is 0 Å². The minimum absolute atomic E-state index is 0.0309. The maximum absolute atomic E-state index is 14.8. The molecule has 0 bridgehead atoms. The molecule has 3 rings (SSSR count). The van der Waals surface area contributed by atoms with E-state index in [9.17, 15) is 39.2 Å². The molecule has 0 saturated carbocycles. The number of fused-ring (bicyclic) bond motifs is 1. The first-order chi connectivity index (χ1) is 15.6. The van der Waals surface area contributed by atoms with Crippen LogP contribution in [-0.2, 0) is 26.7 Å². The molecule has 0 radical (unpaired) electrons. The molecular formula is C18H15F4N3O7S2. The fraction of sp³-hybridized carbons (Fsp3) is 0.222. The second-order valence-corrected chi connectivity index (χ2v) is 9.91. The largest absolute Gasteiger partial charge is 0.534 e. The SMILES string of the molecule is CNS(=O)(=O)Nc1nccc(Cc2c(C)c3ccc(OS(=O)(=O)C(F)(F)F)cc3oc2=O)c1F. The molecule has 16 heteroatoms. The summed E-state index contributed by atoms with van der Waals surface area (Å²) in [5.74, 6) is -2.38. The second-order valence-electron chi connectivity index (χ2n) is 6.75. The number of anilines is 1. The van der Waals surface area contributed by atoms with Crippen LogP contribution in [-0.4, -0.2) is 34.4 Å². The van der Waals surface area contributed by atoms with Crippen molar-refractivity contribution in [2.24, 2.45) is 0 Å². The Bertz CT molecular complexity index is 1540. The predicted octanol–water partition coefficient (Wildman–Crippen LogP) is 2.33. The van der Waals surface area contributed by atoms with E-state index in [1.807, 2.05) is 9.44 Å². The van der Waals surface area contributed by atoms with Gasteiger partial charge in [-0.25, -0.2) is 18.9 Å². The molecule has 2 N–H and O–H groups in total. The lowest BCUT2D eigenvalue weighted by atomic mass is 10.00. The maximum atomic E-state index is 14.8. The molecule has 0 saturated heterocycles. The van der Waals surface area contributed by atoms with Crippen molar-refractivity contribution in [1.82, 2.24) is 9.71 Å². The number of aryl methyl sites for hydroxylation is 1. The molecule has 0 aliphatic carbocycles. The molecule has 0 aliphatic rings. The standard InChI is InChI=1S/C18H15F4N3O7S2/c1-9-12-4-3-11(32-33(27,28)18(20,21)22)8-14(12)31-17(26)13(9)7-10-5-6-24-16(15(10)19)25-34(29,30)23-2/h3-6,8,23H,7H2,1-2H3,(H,24,25). The van der Waals surface area contributed by atoms with Crippen LogP contribution in [0.15, 0.2) is 39.7 Å². The van der Waals surface area contributed by atoms with Gasteiger partial charge in [-0.3, -0.25) is 4.72 Å². The molecule has 0 amide bonds. The summed E-state index contributed by atoms with van der Waals surface area (Å²) in [5, 5.41) is 0.219. The number of nitrogens with one attached hydrogen (secondary N) is 2. The summed E-state index contributed by atoms with van der Waals surface area (Å²) in [4.78, 5) is 16.1. The first-order valence-corrected chi connectivity index (χ1v) is 12.0. The number of nitrogens with zero attached hydrogens (tertiary/aromatic N) is 1. The first-order valence-electron chi connectivity index (χ1n) is 9.07. The number of aromatic nitrogens is 1. The second kappa shape index (κ2) is 8.84. The third kappa shape index (κ3) is 5.13. The Morgan fingerprint density at radius 1 is 1.15 bits per heavy atom. The van der Waals surface area contributed by atoms with Gasteiger partial charge in [-0.15, -0.1) is 0 Å². The molecule has 0 unspecified atom stereocenters. The first kappa shape index (κ1) is 25.4. The van der Waals surface area contributed by atoms with Gasteiger partial charge >= 0.3 is 21.3 Å². The molecule has 10 nitrogen and oxygen atoms in total. The quantitative estimate of drug-likeness (QED) is 0.207. The molecule has 0 spiro atoms. The molecule has 2 heterocycles. The highest BCUT2D eigenvalue weighted by molar-refractivity contribution is 7.90. The van der Waals surface area contributed by atoms with E-state index < -0.39 is 48.8 Å². The van der Waals surface area contributed by atoms with Gasteiger partial charge in [-0.2, -0.15) is 30.0 Å². The Labute approximate surface area is 189 Å². The van der Waals surface area contributed by atoms with Crippen LogP contribution in [0.4, 0.5) is 23.4 Å². The topological polar surface area (TPSA) is 145 Å². The van der Waals surface area contributed by atoms with Crippen molar-refractivity contribution in [3.8, 4) is 5.75 Å². The van der Waals surface area contributed by atoms with Crippen molar-refractivity contribution >= 4 is 37.1 Å². The van der Waals surface area contributed by atoms with E-state index in [1.54, 1.807) is 0 Å². The summed E-state index contributed by atoms with van der Waals surface area (Å²) in [6.07, 6.45) is 0.780. The highest BCUT2D eigenvalue weighted by Crippen LogP contribution is 2.30. The summed E-state index contributed by atoms with van der Waals surface area (Å²) >= 11 is 0. The van der Waals surface area contributed by atoms with Gasteiger partial charge in [0.25, 0.3) is 10.2 Å². The van der Waals surface area contributed by atoms with E-state index in [-0.39, 0.29) is 34.1 Å². The number of hydrogen-bond acceptors (Lipinski definition) is 8. The van der Waals surface area contributed by atoms with Gasteiger partial charge in [0.05, 0.1) is 0 Å². The minimum Gasteiger partial charge on any atom is -0.422 e. The van der Waals surface area contributed by atoms with Gasteiger partial charge in [0.1, 0.15) is 11.3 Å². The van der Waals surface area contributed by atoms with E-state index in [1.165, 1.54) is 19.1 Å². The van der Waals surface area contributed by atoms with E-state index in [2.05, 4.69) is 9.17 Å². The van der Waals surface area contributed by atoms with Crippen LogP contribution in [0.5, 0.6) is 5.75 Å². The van der Waals surface area contributed by atoms with Crippen molar-refractivity contribution in [3.05, 3.63) is 63.4 Å². The number of hydrogen-bond donors (Lipinski definition) is 2. The lowest BCUT2D eigenvalue weighted by Gasteiger charge is -2.12. The third-order valence-electron chi connectivity index (χ3n) is 4.58. The Balaban J connectivity index is 2.00. The molecule has 3 aromatic rings. The fourth-order valence-electron chi connectivity index (χ4n) is 2.86.